The van der Waals surface area contributed by atoms with Crippen molar-refractivity contribution in [3.05, 3.63) is 36.0 Å². The van der Waals surface area contributed by atoms with Crippen molar-refractivity contribution < 1.29 is 9.47 Å². The number of methoxy groups -OCH3 is 2. The van der Waals surface area contributed by atoms with Crippen LogP contribution in [0.5, 0.6) is 11.5 Å². The quantitative estimate of drug-likeness (QED) is 0.915. The van der Waals surface area contributed by atoms with Crippen molar-refractivity contribution in [2.24, 2.45) is 0 Å². The standard InChI is InChI=1S/C17H22N4O2/c1-18-16-6-8-19-17(20-16)21-9-7-12(11-21)14-10-13(22-2)4-5-15(14)23-3/h4-6,8,10,12H,7,9,11H2,1-3H3,(H,18,19,20). The second kappa shape index (κ2) is 6.73. The van der Waals surface area contributed by atoms with Gasteiger partial charge in [-0.2, -0.15) is 4.98 Å². The van der Waals surface area contributed by atoms with Crippen molar-refractivity contribution in [1.29, 1.82) is 0 Å². The van der Waals surface area contributed by atoms with E-state index in [1.165, 1.54) is 5.56 Å². The Balaban J connectivity index is 1.82. The third-order valence-electron chi connectivity index (χ3n) is 4.25. The summed E-state index contributed by atoms with van der Waals surface area (Å²) < 4.78 is 10.9. The fourth-order valence-electron chi connectivity index (χ4n) is 2.99. The number of nitrogens with one attached hydrogen (secondary N) is 1. The van der Waals surface area contributed by atoms with Gasteiger partial charge in [0.25, 0.3) is 0 Å². The lowest BCUT2D eigenvalue weighted by molar-refractivity contribution is 0.396. The lowest BCUT2D eigenvalue weighted by atomic mass is 9.97. The van der Waals surface area contributed by atoms with Gasteiger partial charge in [-0.15, -0.1) is 0 Å². The molecular weight excluding hydrogens is 292 g/mol. The summed E-state index contributed by atoms with van der Waals surface area (Å²) in [6.45, 7) is 1.80. The van der Waals surface area contributed by atoms with Crippen LogP contribution >= 0.6 is 0 Å². The maximum atomic E-state index is 5.52. The molecule has 1 aliphatic rings. The highest BCUT2D eigenvalue weighted by Gasteiger charge is 2.28. The molecule has 1 aliphatic heterocycles. The summed E-state index contributed by atoms with van der Waals surface area (Å²) in [5.74, 6) is 3.73. The molecule has 2 heterocycles. The normalized spacial score (nSPS) is 17.2. The summed E-state index contributed by atoms with van der Waals surface area (Å²) in [5, 5.41) is 3.05. The fraction of sp³-hybridized carbons (Fsp3) is 0.412. The summed E-state index contributed by atoms with van der Waals surface area (Å²) >= 11 is 0. The Hall–Kier alpha value is -2.50. The largest absolute Gasteiger partial charge is 0.497 e. The first-order chi connectivity index (χ1) is 11.2. The topological polar surface area (TPSA) is 59.5 Å². The highest BCUT2D eigenvalue weighted by molar-refractivity contribution is 5.47. The van der Waals surface area contributed by atoms with Crippen LogP contribution in [0, 0.1) is 0 Å². The third kappa shape index (κ3) is 3.16. The van der Waals surface area contributed by atoms with Crippen LogP contribution in [-0.4, -0.2) is 44.3 Å². The lowest BCUT2D eigenvalue weighted by Gasteiger charge is -2.18. The zero-order valence-electron chi connectivity index (χ0n) is 13.7. The molecule has 0 bridgehead atoms. The minimum atomic E-state index is 0.377. The van der Waals surface area contributed by atoms with Gasteiger partial charge in [0.15, 0.2) is 0 Å². The Morgan fingerprint density at radius 2 is 2.09 bits per heavy atom. The van der Waals surface area contributed by atoms with E-state index in [0.29, 0.717) is 5.92 Å². The molecule has 1 atom stereocenters. The monoisotopic (exact) mass is 314 g/mol. The van der Waals surface area contributed by atoms with E-state index >= 15 is 0 Å². The van der Waals surface area contributed by atoms with Crippen LogP contribution in [0.3, 0.4) is 0 Å². The maximum Gasteiger partial charge on any atom is 0.227 e. The third-order valence-corrected chi connectivity index (χ3v) is 4.25. The van der Waals surface area contributed by atoms with Crippen LogP contribution in [-0.2, 0) is 0 Å². The second-order valence-corrected chi connectivity index (χ2v) is 5.53. The Labute approximate surface area is 136 Å². The number of ether oxygens (including phenoxy) is 2. The van der Waals surface area contributed by atoms with Gasteiger partial charge >= 0.3 is 0 Å². The smallest absolute Gasteiger partial charge is 0.227 e. The van der Waals surface area contributed by atoms with Crippen molar-refractivity contribution in [3.8, 4) is 11.5 Å². The molecule has 0 spiro atoms. The number of aromatic nitrogens is 2. The molecule has 0 radical (unpaired) electrons. The SMILES string of the molecule is CNc1ccnc(N2CCC(c3cc(OC)ccc3OC)C2)n1. The van der Waals surface area contributed by atoms with E-state index in [0.717, 1.165) is 42.8 Å². The number of anilines is 2. The molecule has 122 valence electrons. The molecule has 1 unspecified atom stereocenters. The molecule has 1 saturated heterocycles. The van der Waals surface area contributed by atoms with Gasteiger partial charge < -0.3 is 19.7 Å². The van der Waals surface area contributed by atoms with Gasteiger partial charge in [-0.25, -0.2) is 4.98 Å². The molecule has 1 aromatic carbocycles. The van der Waals surface area contributed by atoms with E-state index in [9.17, 15) is 0 Å². The Morgan fingerprint density at radius 3 is 2.83 bits per heavy atom. The van der Waals surface area contributed by atoms with Crippen LogP contribution in [0.15, 0.2) is 30.5 Å². The number of rotatable bonds is 5. The number of hydrogen-bond donors (Lipinski definition) is 1. The zero-order chi connectivity index (χ0) is 16.2. The molecule has 6 heteroatoms. The molecule has 1 N–H and O–H groups in total. The Bertz CT molecular complexity index is 677. The number of benzene rings is 1. The maximum absolute atomic E-state index is 5.52. The lowest BCUT2D eigenvalue weighted by Crippen LogP contribution is -2.22. The molecule has 1 fully saturated rings. The van der Waals surface area contributed by atoms with Crippen LogP contribution in [0.1, 0.15) is 17.9 Å². The van der Waals surface area contributed by atoms with E-state index in [2.05, 4.69) is 26.3 Å². The molecule has 2 aromatic rings. The van der Waals surface area contributed by atoms with Gasteiger partial charge in [0, 0.05) is 37.8 Å². The van der Waals surface area contributed by atoms with Crippen molar-refractivity contribution in [3.63, 3.8) is 0 Å². The molecule has 3 rings (SSSR count). The first-order valence-corrected chi connectivity index (χ1v) is 7.73. The van der Waals surface area contributed by atoms with Gasteiger partial charge in [-0.1, -0.05) is 0 Å². The van der Waals surface area contributed by atoms with Gasteiger partial charge in [0.1, 0.15) is 17.3 Å². The van der Waals surface area contributed by atoms with Crippen molar-refractivity contribution >= 4 is 11.8 Å². The first kappa shape index (κ1) is 15.4. The average molecular weight is 314 g/mol. The van der Waals surface area contributed by atoms with Crippen LogP contribution in [0.4, 0.5) is 11.8 Å². The van der Waals surface area contributed by atoms with Crippen LogP contribution in [0.2, 0.25) is 0 Å². The van der Waals surface area contributed by atoms with Crippen molar-refractivity contribution in [2.75, 3.05) is 44.6 Å². The molecular formula is C17H22N4O2. The minimum absolute atomic E-state index is 0.377. The summed E-state index contributed by atoms with van der Waals surface area (Å²) in [6, 6.07) is 7.82. The van der Waals surface area contributed by atoms with Gasteiger partial charge in [-0.05, 0) is 30.7 Å². The predicted molar refractivity (Wildman–Crippen MR) is 90.7 cm³/mol. The molecule has 6 nitrogen and oxygen atoms in total. The van der Waals surface area contributed by atoms with E-state index in [4.69, 9.17) is 9.47 Å². The summed E-state index contributed by atoms with van der Waals surface area (Å²) in [6.07, 6.45) is 2.82. The molecule has 1 aromatic heterocycles. The molecule has 0 saturated carbocycles. The van der Waals surface area contributed by atoms with Gasteiger partial charge in [-0.3, -0.25) is 0 Å². The Kier molecular flexibility index (Phi) is 4.50. The second-order valence-electron chi connectivity index (χ2n) is 5.53. The summed E-state index contributed by atoms with van der Waals surface area (Å²) in [5.41, 5.74) is 1.18. The van der Waals surface area contributed by atoms with Gasteiger partial charge in [0.2, 0.25) is 5.95 Å². The summed E-state index contributed by atoms with van der Waals surface area (Å²) in [4.78, 5) is 11.1. The van der Waals surface area contributed by atoms with Crippen LogP contribution < -0.4 is 19.7 Å². The van der Waals surface area contributed by atoms with Gasteiger partial charge in [0.05, 0.1) is 14.2 Å². The highest BCUT2D eigenvalue weighted by atomic mass is 16.5. The van der Waals surface area contributed by atoms with Crippen molar-refractivity contribution in [1.82, 2.24) is 9.97 Å². The summed E-state index contributed by atoms with van der Waals surface area (Å²) in [7, 11) is 5.25. The Morgan fingerprint density at radius 1 is 1.22 bits per heavy atom. The van der Waals surface area contributed by atoms with E-state index in [-0.39, 0.29) is 0 Å². The number of nitrogens with zero attached hydrogens (tertiary/aromatic N) is 3. The molecule has 0 amide bonds. The zero-order valence-corrected chi connectivity index (χ0v) is 13.7. The van der Waals surface area contributed by atoms with E-state index < -0.39 is 0 Å². The average Bonchev–Trinajstić information content (AvgIpc) is 3.11. The minimum Gasteiger partial charge on any atom is -0.497 e. The molecule has 23 heavy (non-hydrogen) atoms. The van der Waals surface area contributed by atoms with E-state index in [1.54, 1.807) is 20.4 Å². The fourth-order valence-corrected chi connectivity index (χ4v) is 2.99. The highest BCUT2D eigenvalue weighted by Crippen LogP contribution is 2.36. The molecule has 0 aliphatic carbocycles. The predicted octanol–water partition coefficient (Wildman–Crippen LogP) is 2.53. The van der Waals surface area contributed by atoms with Crippen molar-refractivity contribution in [2.45, 2.75) is 12.3 Å². The van der Waals surface area contributed by atoms with E-state index in [1.807, 2.05) is 25.2 Å². The van der Waals surface area contributed by atoms with Crippen LogP contribution in [0.25, 0.3) is 0 Å². The number of hydrogen-bond acceptors (Lipinski definition) is 6. The first-order valence-electron chi connectivity index (χ1n) is 7.73.